The third-order valence-corrected chi connectivity index (χ3v) is 5.18. The largest absolute Gasteiger partial charge is 0.493 e. The third kappa shape index (κ3) is 3.21. The normalized spacial score (nSPS) is 21.2. The number of benzene rings is 1. The fraction of sp³-hybridized carbons (Fsp3) is 0.333. The second kappa shape index (κ2) is 6.99. The van der Waals surface area contributed by atoms with E-state index in [1.54, 1.807) is 11.0 Å². The maximum Gasteiger partial charge on any atom is 0.266 e. The molecule has 1 aromatic carbocycles. The van der Waals surface area contributed by atoms with E-state index in [-0.39, 0.29) is 12.0 Å². The van der Waals surface area contributed by atoms with Crippen LogP contribution in [0.25, 0.3) is 6.08 Å². The first-order valence-corrected chi connectivity index (χ1v) is 9.08. The van der Waals surface area contributed by atoms with Gasteiger partial charge in [-0.2, -0.15) is 0 Å². The van der Waals surface area contributed by atoms with Crippen molar-refractivity contribution in [2.45, 2.75) is 26.4 Å². The Labute approximate surface area is 151 Å². The number of ether oxygens (including phenoxy) is 2. The average Bonchev–Trinajstić information content (AvgIpc) is 3.01. The van der Waals surface area contributed by atoms with Crippen LogP contribution in [0.1, 0.15) is 25.0 Å². The van der Waals surface area contributed by atoms with Crippen molar-refractivity contribution in [3.05, 3.63) is 40.8 Å². The lowest BCUT2D eigenvalue weighted by molar-refractivity contribution is -0.121. The van der Waals surface area contributed by atoms with Crippen molar-refractivity contribution in [3.8, 4) is 11.5 Å². The van der Waals surface area contributed by atoms with Crippen LogP contribution < -0.4 is 9.47 Å². The minimum atomic E-state index is -0.0952. The lowest BCUT2D eigenvalue weighted by atomic mass is 10.1. The van der Waals surface area contributed by atoms with E-state index in [0.717, 1.165) is 29.0 Å². The van der Waals surface area contributed by atoms with Crippen LogP contribution in [0, 0.1) is 0 Å². The van der Waals surface area contributed by atoms with Crippen LogP contribution in [-0.2, 0) is 11.2 Å². The molecule has 1 atom stereocenters. The molecule has 126 valence electrons. The Morgan fingerprint density at radius 1 is 1.54 bits per heavy atom. The summed E-state index contributed by atoms with van der Waals surface area (Å²) in [6.07, 6.45) is 4.54. The molecule has 0 aromatic heterocycles. The summed E-state index contributed by atoms with van der Waals surface area (Å²) in [5.74, 6) is 1.53. The molecule has 1 aromatic rings. The topological polar surface area (TPSA) is 38.8 Å². The Kier molecular flexibility index (Phi) is 4.96. The van der Waals surface area contributed by atoms with E-state index in [4.69, 9.17) is 21.7 Å². The number of rotatable bonds is 5. The SMILES string of the molecule is C=CCN1C(=O)/C(=C/c2cc3c(cc2OCC)C[C@@H](C)O3)SC1=S. The summed E-state index contributed by atoms with van der Waals surface area (Å²) in [6, 6.07) is 3.96. The predicted octanol–water partition coefficient (Wildman–Crippen LogP) is 3.80. The molecular formula is C18H19NO3S2. The highest BCUT2D eigenvalue weighted by molar-refractivity contribution is 8.26. The Bertz CT molecular complexity index is 742. The van der Waals surface area contributed by atoms with Gasteiger partial charge in [-0.25, -0.2) is 0 Å². The van der Waals surface area contributed by atoms with Crippen molar-refractivity contribution < 1.29 is 14.3 Å². The molecule has 0 radical (unpaired) electrons. The third-order valence-electron chi connectivity index (χ3n) is 3.80. The van der Waals surface area contributed by atoms with Gasteiger partial charge in [-0.3, -0.25) is 9.69 Å². The maximum atomic E-state index is 12.5. The monoisotopic (exact) mass is 361 g/mol. The molecule has 24 heavy (non-hydrogen) atoms. The van der Waals surface area contributed by atoms with E-state index in [1.165, 1.54) is 11.8 Å². The molecule has 2 aliphatic heterocycles. The number of thioether (sulfide) groups is 1. The van der Waals surface area contributed by atoms with Crippen molar-refractivity contribution >= 4 is 40.3 Å². The van der Waals surface area contributed by atoms with Gasteiger partial charge < -0.3 is 9.47 Å². The molecule has 1 fully saturated rings. The molecule has 0 saturated carbocycles. The second-order valence-corrected chi connectivity index (χ2v) is 7.32. The van der Waals surface area contributed by atoms with Gasteiger partial charge in [-0.05, 0) is 32.1 Å². The van der Waals surface area contributed by atoms with Gasteiger partial charge in [0.15, 0.2) is 0 Å². The predicted molar refractivity (Wildman–Crippen MR) is 101 cm³/mol. The Morgan fingerprint density at radius 3 is 3.04 bits per heavy atom. The van der Waals surface area contributed by atoms with Gasteiger partial charge in [0.2, 0.25) is 0 Å². The molecule has 2 aliphatic rings. The summed E-state index contributed by atoms with van der Waals surface area (Å²) in [6.45, 7) is 8.64. The number of carbonyl (C=O) groups is 1. The van der Waals surface area contributed by atoms with Crippen molar-refractivity contribution in [3.63, 3.8) is 0 Å². The summed E-state index contributed by atoms with van der Waals surface area (Å²) < 4.78 is 12.1. The number of carbonyl (C=O) groups excluding carboxylic acids is 1. The van der Waals surface area contributed by atoms with Gasteiger partial charge in [0.1, 0.15) is 21.9 Å². The number of nitrogens with zero attached hydrogens (tertiary/aromatic N) is 1. The van der Waals surface area contributed by atoms with Crippen LogP contribution in [-0.4, -0.2) is 34.4 Å². The fourth-order valence-electron chi connectivity index (χ4n) is 2.78. The molecule has 0 N–H and O–H groups in total. The summed E-state index contributed by atoms with van der Waals surface area (Å²) in [4.78, 5) is 14.6. The van der Waals surface area contributed by atoms with Crippen molar-refractivity contribution in [1.82, 2.24) is 4.90 Å². The van der Waals surface area contributed by atoms with Crippen LogP contribution in [0.4, 0.5) is 0 Å². The minimum Gasteiger partial charge on any atom is -0.493 e. The van der Waals surface area contributed by atoms with Crippen molar-refractivity contribution in [2.24, 2.45) is 0 Å². The number of hydrogen-bond acceptors (Lipinski definition) is 5. The number of hydrogen-bond donors (Lipinski definition) is 0. The molecule has 6 heteroatoms. The van der Waals surface area contributed by atoms with Gasteiger partial charge in [0.05, 0.1) is 11.5 Å². The zero-order chi connectivity index (χ0) is 17.3. The summed E-state index contributed by atoms with van der Waals surface area (Å²) in [7, 11) is 0. The average molecular weight is 361 g/mol. The molecule has 3 rings (SSSR count). The first kappa shape index (κ1) is 17.0. The molecule has 2 heterocycles. The quantitative estimate of drug-likeness (QED) is 0.453. The lowest BCUT2D eigenvalue weighted by Crippen LogP contribution is -2.27. The standard InChI is InChI=1S/C18H19NO3S2/c1-4-6-19-17(20)16(24-18(19)23)10-13-9-15-12(7-11(3)22-15)8-14(13)21-5-2/h4,8-11H,1,5-7H2,2-3H3/b16-10-/t11-/m1/s1. The smallest absolute Gasteiger partial charge is 0.266 e. The Morgan fingerprint density at radius 2 is 2.33 bits per heavy atom. The molecule has 1 saturated heterocycles. The van der Waals surface area contributed by atoms with Crippen LogP contribution in [0.15, 0.2) is 29.7 Å². The zero-order valence-corrected chi connectivity index (χ0v) is 15.3. The highest BCUT2D eigenvalue weighted by atomic mass is 32.2. The Hall–Kier alpha value is -1.79. The van der Waals surface area contributed by atoms with E-state index in [1.807, 2.05) is 32.1 Å². The van der Waals surface area contributed by atoms with Gasteiger partial charge in [0.25, 0.3) is 5.91 Å². The van der Waals surface area contributed by atoms with E-state index in [0.29, 0.717) is 22.4 Å². The number of fused-ring (bicyclic) bond motifs is 1. The van der Waals surface area contributed by atoms with Crippen LogP contribution in [0.2, 0.25) is 0 Å². The lowest BCUT2D eigenvalue weighted by Gasteiger charge is -2.11. The maximum absolute atomic E-state index is 12.5. The van der Waals surface area contributed by atoms with Gasteiger partial charge in [-0.15, -0.1) is 6.58 Å². The highest BCUT2D eigenvalue weighted by Gasteiger charge is 2.31. The van der Waals surface area contributed by atoms with Crippen molar-refractivity contribution in [2.75, 3.05) is 13.2 Å². The summed E-state index contributed by atoms with van der Waals surface area (Å²) in [5, 5.41) is 0. The molecule has 0 unspecified atom stereocenters. The first-order chi connectivity index (χ1) is 11.5. The second-order valence-electron chi connectivity index (χ2n) is 5.64. The van der Waals surface area contributed by atoms with Crippen LogP contribution in [0.3, 0.4) is 0 Å². The summed E-state index contributed by atoms with van der Waals surface area (Å²) in [5.41, 5.74) is 1.98. The van der Waals surface area contributed by atoms with E-state index >= 15 is 0 Å². The van der Waals surface area contributed by atoms with E-state index < -0.39 is 0 Å². The summed E-state index contributed by atoms with van der Waals surface area (Å²) >= 11 is 6.58. The molecular weight excluding hydrogens is 342 g/mol. The van der Waals surface area contributed by atoms with Gasteiger partial charge in [0, 0.05) is 24.1 Å². The van der Waals surface area contributed by atoms with Crippen LogP contribution >= 0.6 is 24.0 Å². The highest BCUT2D eigenvalue weighted by Crippen LogP contribution is 2.39. The van der Waals surface area contributed by atoms with Gasteiger partial charge in [-0.1, -0.05) is 30.1 Å². The van der Waals surface area contributed by atoms with Crippen LogP contribution in [0.5, 0.6) is 11.5 Å². The van der Waals surface area contributed by atoms with E-state index in [9.17, 15) is 4.79 Å². The van der Waals surface area contributed by atoms with Gasteiger partial charge >= 0.3 is 0 Å². The molecule has 4 nitrogen and oxygen atoms in total. The van der Waals surface area contributed by atoms with E-state index in [2.05, 4.69) is 6.58 Å². The molecule has 0 bridgehead atoms. The number of thiocarbonyl (C=S) groups is 1. The minimum absolute atomic E-state index is 0.0952. The Balaban J connectivity index is 1.97. The first-order valence-electron chi connectivity index (χ1n) is 7.86. The molecule has 0 aliphatic carbocycles. The number of amides is 1. The van der Waals surface area contributed by atoms with Crippen molar-refractivity contribution in [1.29, 1.82) is 0 Å². The molecule has 1 amide bonds. The zero-order valence-electron chi connectivity index (χ0n) is 13.7. The fourth-order valence-corrected chi connectivity index (χ4v) is 4.04. The molecule has 0 spiro atoms.